The highest BCUT2D eigenvalue weighted by Crippen LogP contribution is 2.06. The van der Waals surface area contributed by atoms with Crippen molar-refractivity contribution in [1.29, 1.82) is 0 Å². The lowest BCUT2D eigenvalue weighted by Crippen LogP contribution is -2.45. The summed E-state index contributed by atoms with van der Waals surface area (Å²) in [4.78, 5) is 11.2. The van der Waals surface area contributed by atoms with Gasteiger partial charge in [-0.3, -0.25) is 5.43 Å². The van der Waals surface area contributed by atoms with Crippen LogP contribution in [0.5, 0.6) is 0 Å². The topological polar surface area (TPSA) is 61.8 Å². The SMILES string of the molecule is CC(O)CN(C)NC(=O)OC(C)(C)C. The highest BCUT2D eigenvalue weighted by Gasteiger charge is 2.17. The molecule has 5 heteroatoms. The van der Waals surface area contributed by atoms with Gasteiger partial charge < -0.3 is 9.84 Å². The van der Waals surface area contributed by atoms with Crippen molar-refractivity contribution < 1.29 is 14.6 Å². The smallest absolute Gasteiger partial charge is 0.422 e. The number of nitrogens with one attached hydrogen (secondary N) is 1. The Morgan fingerprint density at radius 2 is 2.07 bits per heavy atom. The molecular formula is C9H20N2O3. The molecule has 0 aliphatic rings. The first kappa shape index (κ1) is 13.2. The number of hydrogen-bond donors (Lipinski definition) is 2. The van der Waals surface area contributed by atoms with Crippen molar-refractivity contribution in [3.63, 3.8) is 0 Å². The van der Waals surface area contributed by atoms with Crippen LogP contribution in [-0.2, 0) is 4.74 Å². The summed E-state index contributed by atoms with van der Waals surface area (Å²) in [6.45, 7) is 7.39. The van der Waals surface area contributed by atoms with E-state index in [4.69, 9.17) is 9.84 Å². The highest BCUT2D eigenvalue weighted by atomic mass is 16.6. The van der Waals surface area contributed by atoms with E-state index in [1.165, 1.54) is 5.01 Å². The molecule has 0 bridgehead atoms. The average Bonchev–Trinajstić information content (AvgIpc) is 1.77. The summed E-state index contributed by atoms with van der Waals surface area (Å²) in [5.74, 6) is 0. The van der Waals surface area contributed by atoms with Crippen molar-refractivity contribution in [2.75, 3.05) is 13.6 Å². The molecule has 5 nitrogen and oxygen atoms in total. The second-order valence-electron chi connectivity index (χ2n) is 4.34. The minimum absolute atomic E-state index is 0.360. The molecule has 0 aliphatic heterocycles. The molecule has 0 heterocycles. The first-order chi connectivity index (χ1) is 6.20. The fraction of sp³-hybridized carbons (Fsp3) is 0.889. The lowest BCUT2D eigenvalue weighted by Gasteiger charge is -2.24. The van der Waals surface area contributed by atoms with E-state index in [1.54, 1.807) is 34.7 Å². The molecular weight excluding hydrogens is 184 g/mol. The van der Waals surface area contributed by atoms with Crippen LogP contribution in [-0.4, -0.2) is 41.5 Å². The minimum Gasteiger partial charge on any atom is -0.443 e. The molecule has 0 saturated heterocycles. The summed E-state index contributed by atoms with van der Waals surface area (Å²) in [5.41, 5.74) is 1.98. The van der Waals surface area contributed by atoms with E-state index in [0.717, 1.165) is 0 Å². The van der Waals surface area contributed by atoms with Crippen LogP contribution in [0.1, 0.15) is 27.7 Å². The average molecular weight is 204 g/mol. The number of carbonyl (C=O) groups excluding carboxylic acids is 1. The second kappa shape index (κ2) is 5.17. The third-order valence-electron chi connectivity index (χ3n) is 1.22. The molecule has 1 atom stereocenters. The van der Waals surface area contributed by atoms with E-state index in [0.29, 0.717) is 6.54 Å². The summed E-state index contributed by atoms with van der Waals surface area (Å²) in [5, 5.41) is 10.5. The van der Waals surface area contributed by atoms with Gasteiger partial charge in [-0.15, -0.1) is 0 Å². The standard InChI is InChI=1S/C9H20N2O3/c1-7(12)6-11(5)10-8(13)14-9(2,3)4/h7,12H,6H2,1-5H3,(H,10,13). The molecule has 14 heavy (non-hydrogen) atoms. The Labute approximate surface area is 85.0 Å². The maximum absolute atomic E-state index is 11.2. The zero-order valence-corrected chi connectivity index (χ0v) is 9.50. The summed E-state index contributed by atoms with van der Waals surface area (Å²) in [6.07, 6.45) is -1.00. The van der Waals surface area contributed by atoms with Gasteiger partial charge in [-0.25, -0.2) is 9.80 Å². The van der Waals surface area contributed by atoms with E-state index in [1.807, 2.05) is 0 Å². The van der Waals surface area contributed by atoms with Crippen LogP contribution in [0.2, 0.25) is 0 Å². The molecule has 0 aliphatic carbocycles. The Morgan fingerprint density at radius 1 is 1.57 bits per heavy atom. The predicted octanol–water partition coefficient (Wildman–Crippen LogP) is 0.739. The summed E-state index contributed by atoms with van der Waals surface area (Å²) in [7, 11) is 1.66. The molecule has 84 valence electrons. The zero-order chi connectivity index (χ0) is 11.4. The number of aliphatic hydroxyl groups is 1. The van der Waals surface area contributed by atoms with Crippen LogP contribution in [0.4, 0.5) is 4.79 Å². The number of ether oxygens (including phenoxy) is 1. The minimum atomic E-state index is -0.513. The van der Waals surface area contributed by atoms with Crippen LogP contribution in [0.15, 0.2) is 0 Å². The monoisotopic (exact) mass is 204 g/mol. The van der Waals surface area contributed by atoms with E-state index in [9.17, 15) is 4.79 Å². The number of rotatable bonds is 3. The van der Waals surface area contributed by atoms with Crippen molar-refractivity contribution in [1.82, 2.24) is 10.4 Å². The van der Waals surface area contributed by atoms with Crippen molar-refractivity contribution in [2.24, 2.45) is 0 Å². The van der Waals surface area contributed by atoms with Gasteiger partial charge in [0.1, 0.15) is 5.60 Å². The molecule has 0 spiro atoms. The first-order valence-corrected chi connectivity index (χ1v) is 4.59. The summed E-state index contributed by atoms with van der Waals surface area (Å²) >= 11 is 0. The van der Waals surface area contributed by atoms with E-state index in [2.05, 4.69) is 5.43 Å². The van der Waals surface area contributed by atoms with Crippen molar-refractivity contribution in [3.8, 4) is 0 Å². The van der Waals surface area contributed by atoms with E-state index >= 15 is 0 Å². The molecule has 0 aromatic heterocycles. The van der Waals surface area contributed by atoms with Gasteiger partial charge >= 0.3 is 6.09 Å². The normalized spacial score (nSPS) is 13.9. The second-order valence-corrected chi connectivity index (χ2v) is 4.34. The number of likely N-dealkylation sites (N-methyl/N-ethyl adjacent to an activating group) is 1. The maximum atomic E-state index is 11.2. The van der Waals surface area contributed by atoms with Crippen LogP contribution in [0.25, 0.3) is 0 Å². The van der Waals surface area contributed by atoms with Crippen LogP contribution >= 0.6 is 0 Å². The van der Waals surface area contributed by atoms with Crippen molar-refractivity contribution >= 4 is 6.09 Å². The van der Waals surface area contributed by atoms with Crippen LogP contribution in [0, 0.1) is 0 Å². The number of aliphatic hydroxyl groups excluding tert-OH is 1. The highest BCUT2D eigenvalue weighted by molar-refractivity contribution is 5.66. The largest absolute Gasteiger partial charge is 0.443 e. The van der Waals surface area contributed by atoms with Gasteiger partial charge in [0.25, 0.3) is 0 Å². The first-order valence-electron chi connectivity index (χ1n) is 4.59. The Morgan fingerprint density at radius 3 is 2.43 bits per heavy atom. The lowest BCUT2D eigenvalue weighted by atomic mass is 10.2. The lowest BCUT2D eigenvalue weighted by molar-refractivity contribution is 0.0306. The van der Waals surface area contributed by atoms with Gasteiger partial charge in [0.2, 0.25) is 0 Å². The fourth-order valence-electron chi connectivity index (χ4n) is 0.899. The number of hydrazine groups is 1. The van der Waals surface area contributed by atoms with E-state index < -0.39 is 17.8 Å². The Kier molecular flexibility index (Phi) is 4.87. The fourth-order valence-corrected chi connectivity index (χ4v) is 0.899. The Bertz CT molecular complexity index is 187. The quantitative estimate of drug-likeness (QED) is 0.666. The molecule has 0 rings (SSSR count). The van der Waals surface area contributed by atoms with E-state index in [-0.39, 0.29) is 0 Å². The predicted molar refractivity (Wildman–Crippen MR) is 53.7 cm³/mol. The molecule has 1 unspecified atom stereocenters. The summed E-state index contributed by atoms with van der Waals surface area (Å²) < 4.78 is 5.02. The Hall–Kier alpha value is -0.810. The maximum Gasteiger partial charge on any atom is 0.422 e. The van der Waals surface area contributed by atoms with Gasteiger partial charge in [0, 0.05) is 13.6 Å². The van der Waals surface area contributed by atoms with Crippen molar-refractivity contribution in [3.05, 3.63) is 0 Å². The third kappa shape index (κ3) is 7.82. The molecule has 0 aromatic carbocycles. The number of nitrogens with zero attached hydrogens (tertiary/aromatic N) is 1. The van der Waals surface area contributed by atoms with Gasteiger partial charge in [0.15, 0.2) is 0 Å². The van der Waals surface area contributed by atoms with Gasteiger partial charge in [-0.1, -0.05) is 0 Å². The van der Waals surface area contributed by atoms with Gasteiger partial charge in [-0.2, -0.15) is 0 Å². The van der Waals surface area contributed by atoms with Crippen LogP contribution < -0.4 is 5.43 Å². The molecule has 0 radical (unpaired) electrons. The van der Waals surface area contributed by atoms with Gasteiger partial charge in [-0.05, 0) is 27.7 Å². The van der Waals surface area contributed by atoms with Gasteiger partial charge in [0.05, 0.1) is 6.10 Å². The number of carbonyl (C=O) groups is 1. The number of amides is 1. The third-order valence-corrected chi connectivity index (χ3v) is 1.22. The molecule has 0 saturated carbocycles. The molecule has 1 amide bonds. The molecule has 0 aromatic rings. The zero-order valence-electron chi connectivity index (χ0n) is 9.50. The van der Waals surface area contributed by atoms with Crippen molar-refractivity contribution in [2.45, 2.75) is 39.4 Å². The number of hydrogen-bond acceptors (Lipinski definition) is 4. The summed E-state index contributed by atoms with van der Waals surface area (Å²) in [6, 6.07) is 0. The Balaban J connectivity index is 3.83. The molecule has 0 fully saturated rings. The molecule has 2 N–H and O–H groups in total. The van der Waals surface area contributed by atoms with Crippen LogP contribution in [0.3, 0.4) is 0 Å².